The van der Waals surface area contributed by atoms with E-state index in [1.165, 1.54) is 4.90 Å². The van der Waals surface area contributed by atoms with Crippen LogP contribution in [0.15, 0.2) is 48.5 Å². The van der Waals surface area contributed by atoms with Crippen LogP contribution in [-0.2, 0) is 12.4 Å². The Kier molecular flexibility index (Phi) is 7.07. The monoisotopic (exact) mass is 520 g/mol. The van der Waals surface area contributed by atoms with Crippen LogP contribution < -0.4 is 0 Å². The highest BCUT2D eigenvalue weighted by Gasteiger charge is 2.42. The van der Waals surface area contributed by atoms with Crippen molar-refractivity contribution in [3.8, 4) is 0 Å². The Morgan fingerprint density at radius 3 is 1.92 bits per heavy atom. The van der Waals surface area contributed by atoms with Crippen molar-refractivity contribution < 1.29 is 39.9 Å². The highest BCUT2D eigenvalue weighted by molar-refractivity contribution is 5.95. The van der Waals surface area contributed by atoms with E-state index in [1.54, 1.807) is 18.2 Å². The maximum atomic E-state index is 13.7. The van der Waals surface area contributed by atoms with Crippen molar-refractivity contribution in [2.24, 2.45) is 0 Å². The van der Waals surface area contributed by atoms with Crippen molar-refractivity contribution in [3.63, 3.8) is 0 Å². The van der Waals surface area contributed by atoms with Gasteiger partial charge in [0.25, 0.3) is 11.8 Å². The zero-order chi connectivity index (χ0) is 26.3. The van der Waals surface area contributed by atoms with E-state index in [-0.39, 0.29) is 57.0 Å². The van der Waals surface area contributed by atoms with E-state index in [9.17, 15) is 39.9 Å². The lowest BCUT2D eigenvalue weighted by Crippen LogP contribution is -2.54. The Bertz CT molecular complexity index is 1040. The van der Waals surface area contributed by atoms with Crippen LogP contribution >= 0.6 is 0 Å². The smallest absolute Gasteiger partial charge is 0.338 e. The Labute approximate surface area is 202 Å². The molecule has 196 valence electrons. The number of alkyl halides is 8. The number of rotatable bonds is 3. The molecule has 2 saturated heterocycles. The van der Waals surface area contributed by atoms with Gasteiger partial charge in [0.05, 0.1) is 11.1 Å². The van der Waals surface area contributed by atoms with Gasteiger partial charge < -0.3 is 4.90 Å². The summed E-state index contributed by atoms with van der Waals surface area (Å²) in [5, 5.41) is 0. The molecule has 4 rings (SSSR count). The van der Waals surface area contributed by atoms with Gasteiger partial charge in [-0.2, -0.15) is 26.3 Å². The number of likely N-dealkylation sites (tertiary alicyclic amines) is 2. The van der Waals surface area contributed by atoms with E-state index in [2.05, 4.69) is 0 Å². The second-order valence-corrected chi connectivity index (χ2v) is 9.31. The predicted octanol–water partition coefficient (Wildman–Crippen LogP) is 6.45. The summed E-state index contributed by atoms with van der Waals surface area (Å²) in [6, 6.07) is 9.64. The molecule has 0 bridgehead atoms. The Hall–Kier alpha value is -2.69. The van der Waals surface area contributed by atoms with Crippen molar-refractivity contribution in [1.82, 2.24) is 9.80 Å². The third-order valence-electron chi connectivity index (χ3n) is 6.92. The largest absolute Gasteiger partial charge is 0.416 e. The molecule has 0 radical (unpaired) electrons. The topological polar surface area (TPSA) is 23.6 Å². The average Bonchev–Trinajstić information content (AvgIpc) is 2.82. The van der Waals surface area contributed by atoms with Gasteiger partial charge in [-0.3, -0.25) is 9.69 Å². The maximum Gasteiger partial charge on any atom is 0.416 e. The third kappa shape index (κ3) is 5.82. The van der Waals surface area contributed by atoms with Gasteiger partial charge in [-0.25, -0.2) is 8.78 Å². The predicted molar refractivity (Wildman–Crippen MR) is 116 cm³/mol. The van der Waals surface area contributed by atoms with E-state index in [1.807, 2.05) is 17.0 Å². The van der Waals surface area contributed by atoms with Gasteiger partial charge >= 0.3 is 12.4 Å². The molecule has 0 saturated carbocycles. The molecular formula is C25H24F8N2O. The molecule has 0 N–H and O–H groups in total. The number of hydrogen-bond acceptors (Lipinski definition) is 2. The molecule has 2 atom stereocenters. The molecular weight excluding hydrogens is 496 g/mol. The van der Waals surface area contributed by atoms with Gasteiger partial charge in [-0.15, -0.1) is 0 Å². The van der Waals surface area contributed by atoms with Crippen LogP contribution in [-0.4, -0.2) is 53.9 Å². The first-order chi connectivity index (χ1) is 16.7. The van der Waals surface area contributed by atoms with Crippen LogP contribution in [0, 0.1) is 0 Å². The number of carbonyl (C=O) groups is 1. The molecule has 3 nitrogen and oxygen atoms in total. The van der Waals surface area contributed by atoms with Gasteiger partial charge in [-0.05, 0) is 30.2 Å². The molecule has 1 amide bonds. The summed E-state index contributed by atoms with van der Waals surface area (Å²) < 4.78 is 107. The number of halogens is 8. The second-order valence-electron chi connectivity index (χ2n) is 9.31. The maximum absolute atomic E-state index is 13.7. The summed E-state index contributed by atoms with van der Waals surface area (Å²) in [4.78, 5) is 16.4. The number of benzene rings is 2. The average molecular weight is 520 g/mol. The van der Waals surface area contributed by atoms with E-state index in [0.29, 0.717) is 18.6 Å². The summed E-state index contributed by atoms with van der Waals surface area (Å²) in [6.45, 7) is 0.449. The summed E-state index contributed by atoms with van der Waals surface area (Å²) in [5.41, 5.74) is -2.98. The first kappa shape index (κ1) is 26.4. The molecule has 0 aromatic heterocycles. The van der Waals surface area contributed by atoms with Crippen LogP contribution in [0.2, 0.25) is 0 Å². The minimum Gasteiger partial charge on any atom is -0.338 e. The molecule has 11 heteroatoms. The summed E-state index contributed by atoms with van der Waals surface area (Å²) >= 11 is 0. The molecule has 2 aromatic rings. The Morgan fingerprint density at radius 2 is 1.39 bits per heavy atom. The lowest BCUT2D eigenvalue weighted by atomic mass is 9.83. The van der Waals surface area contributed by atoms with Crippen molar-refractivity contribution in [2.75, 3.05) is 26.2 Å². The van der Waals surface area contributed by atoms with Crippen molar-refractivity contribution in [2.45, 2.75) is 49.5 Å². The Morgan fingerprint density at radius 1 is 0.833 bits per heavy atom. The lowest BCUT2D eigenvalue weighted by molar-refractivity contribution is -0.143. The van der Waals surface area contributed by atoms with Gasteiger partial charge in [-0.1, -0.05) is 30.3 Å². The van der Waals surface area contributed by atoms with E-state index in [0.717, 1.165) is 5.56 Å². The van der Waals surface area contributed by atoms with E-state index < -0.39 is 40.9 Å². The van der Waals surface area contributed by atoms with Gasteiger partial charge in [0, 0.05) is 56.5 Å². The normalized spacial score (nSPS) is 23.5. The number of amides is 1. The molecule has 2 aromatic carbocycles. The lowest BCUT2D eigenvalue weighted by Gasteiger charge is -2.46. The van der Waals surface area contributed by atoms with Crippen molar-refractivity contribution in [3.05, 3.63) is 70.8 Å². The van der Waals surface area contributed by atoms with E-state index >= 15 is 0 Å². The zero-order valence-electron chi connectivity index (χ0n) is 19.0. The molecule has 2 heterocycles. The standard InChI is InChI=1S/C25H24F8N2O/c26-23(27)7-10-34(11-8-23)21-6-9-35(15-20(21)16-4-2-1-3-5-16)22(36)17-12-18(24(28,29)30)14-19(13-17)25(31,32)33/h1-5,12-14,20-21H,6-11,15H2/t20-,21-/m0/s1. The molecule has 2 fully saturated rings. The quantitative estimate of drug-likeness (QED) is 0.434. The number of nitrogens with zero attached hydrogens (tertiary/aromatic N) is 2. The minimum atomic E-state index is -5.06. The number of piperidine rings is 2. The van der Waals surface area contributed by atoms with Gasteiger partial charge in [0.1, 0.15) is 0 Å². The summed E-state index contributed by atoms with van der Waals surface area (Å²) in [5.74, 6) is -4.02. The third-order valence-corrected chi connectivity index (χ3v) is 6.92. The molecule has 36 heavy (non-hydrogen) atoms. The molecule has 2 aliphatic heterocycles. The Balaban J connectivity index is 1.62. The molecule has 2 aliphatic rings. The molecule has 0 unspecified atom stereocenters. The fraction of sp³-hybridized carbons (Fsp3) is 0.480. The van der Waals surface area contributed by atoms with Crippen LogP contribution in [0.25, 0.3) is 0 Å². The summed E-state index contributed by atoms with van der Waals surface area (Å²) in [6.07, 6.45) is -10.4. The molecule has 0 spiro atoms. The fourth-order valence-corrected chi connectivity index (χ4v) is 5.03. The SMILES string of the molecule is O=C(c1cc(C(F)(F)F)cc(C(F)(F)F)c1)N1CC[C@H](N2CCC(F)(F)CC2)[C@H](c2ccccc2)C1. The summed E-state index contributed by atoms with van der Waals surface area (Å²) in [7, 11) is 0. The van der Waals surface area contributed by atoms with Crippen LogP contribution in [0.1, 0.15) is 52.2 Å². The first-order valence-electron chi connectivity index (χ1n) is 11.5. The van der Waals surface area contributed by atoms with Crippen molar-refractivity contribution in [1.29, 1.82) is 0 Å². The first-order valence-corrected chi connectivity index (χ1v) is 11.5. The number of hydrogen-bond donors (Lipinski definition) is 0. The fourth-order valence-electron chi connectivity index (χ4n) is 5.03. The van der Waals surface area contributed by atoms with Crippen LogP contribution in [0.3, 0.4) is 0 Å². The van der Waals surface area contributed by atoms with Crippen LogP contribution in [0.4, 0.5) is 35.1 Å². The minimum absolute atomic E-state index is 0.0120. The zero-order valence-corrected chi connectivity index (χ0v) is 19.0. The number of carbonyl (C=O) groups excluding carboxylic acids is 1. The van der Waals surface area contributed by atoms with Gasteiger partial charge in [0.2, 0.25) is 0 Å². The second kappa shape index (κ2) is 9.64. The van der Waals surface area contributed by atoms with Gasteiger partial charge in [0.15, 0.2) is 0 Å². The highest BCUT2D eigenvalue weighted by Crippen LogP contribution is 2.39. The highest BCUT2D eigenvalue weighted by atomic mass is 19.4. The van der Waals surface area contributed by atoms with E-state index in [4.69, 9.17) is 0 Å². The van der Waals surface area contributed by atoms with Crippen LogP contribution in [0.5, 0.6) is 0 Å². The van der Waals surface area contributed by atoms with Crippen molar-refractivity contribution >= 4 is 5.91 Å². The molecule has 0 aliphatic carbocycles.